The van der Waals surface area contributed by atoms with E-state index in [0.29, 0.717) is 15.6 Å². The fraction of sp³-hybridized carbons (Fsp3) is 0. The number of hydrogen-bond donors (Lipinski definition) is 0. The maximum absolute atomic E-state index is 11.8. The highest BCUT2D eigenvalue weighted by molar-refractivity contribution is 6.43. The minimum absolute atomic E-state index is 0.198. The smallest absolute Gasteiger partial charge is 0.264 e. The van der Waals surface area contributed by atoms with Crippen molar-refractivity contribution in [3.8, 4) is 0 Å². The van der Waals surface area contributed by atoms with E-state index >= 15 is 0 Å². The van der Waals surface area contributed by atoms with E-state index in [2.05, 4.69) is 5.11 Å². The third-order valence-electron chi connectivity index (χ3n) is 2.10. The van der Waals surface area contributed by atoms with Crippen molar-refractivity contribution in [2.45, 2.75) is 0 Å². The molecule has 0 N–H and O–H groups in total. The maximum Gasteiger partial charge on any atom is 0.264 e. The Bertz CT molecular complexity index is 556. The first-order valence-corrected chi connectivity index (χ1v) is 5.62. The van der Waals surface area contributed by atoms with Gasteiger partial charge in [0, 0.05) is 11.2 Å². The van der Waals surface area contributed by atoms with Crippen molar-refractivity contribution in [1.29, 1.82) is 0 Å². The van der Waals surface area contributed by atoms with Crippen LogP contribution in [0.25, 0.3) is 0 Å². The monoisotopic (exact) mass is 266 g/mol. The molecule has 0 bridgehead atoms. The molecule has 0 saturated carbocycles. The molecule has 0 aliphatic heterocycles. The average Bonchev–Trinajstić information content (AvgIpc) is 2.34. The van der Waals surface area contributed by atoms with Gasteiger partial charge >= 0.3 is 0 Å². The van der Waals surface area contributed by atoms with Gasteiger partial charge in [-0.2, -0.15) is 0 Å². The van der Waals surface area contributed by atoms with Gasteiger partial charge in [-0.15, -0.1) is 0 Å². The second kappa shape index (κ2) is 5.17. The summed E-state index contributed by atoms with van der Waals surface area (Å²) in [6.07, 6.45) is 0. The van der Waals surface area contributed by atoms with Gasteiger partial charge in [0.25, 0.3) is 5.69 Å². The molecule has 0 spiro atoms. The van der Waals surface area contributed by atoms with Crippen molar-refractivity contribution in [1.82, 2.24) is 0 Å². The Balaban J connectivity index is 2.41. The lowest BCUT2D eigenvalue weighted by atomic mass is 10.3. The van der Waals surface area contributed by atoms with E-state index in [1.807, 2.05) is 6.07 Å². The Morgan fingerprint density at radius 1 is 0.941 bits per heavy atom. The van der Waals surface area contributed by atoms with Crippen molar-refractivity contribution in [2.75, 3.05) is 0 Å². The Kier molecular flexibility index (Phi) is 3.61. The highest BCUT2D eigenvalue weighted by atomic mass is 35.5. The van der Waals surface area contributed by atoms with Crippen LogP contribution in [0.5, 0.6) is 0 Å². The maximum atomic E-state index is 11.8. The molecule has 0 fully saturated rings. The van der Waals surface area contributed by atoms with Crippen LogP contribution in [0, 0.1) is 5.21 Å². The molecule has 17 heavy (non-hydrogen) atoms. The molecular weight excluding hydrogens is 259 g/mol. The van der Waals surface area contributed by atoms with Crippen LogP contribution in [-0.2, 0) is 0 Å². The minimum Gasteiger partial charge on any atom is -0.594 e. The molecule has 3 nitrogen and oxygen atoms in total. The van der Waals surface area contributed by atoms with Gasteiger partial charge < -0.3 is 5.21 Å². The molecule has 0 heterocycles. The largest absolute Gasteiger partial charge is 0.594 e. The Hall–Kier alpha value is -1.58. The van der Waals surface area contributed by atoms with Crippen molar-refractivity contribution in [3.05, 3.63) is 63.8 Å². The van der Waals surface area contributed by atoms with Crippen LogP contribution in [0.4, 0.5) is 11.4 Å². The Labute approximate surface area is 109 Å². The van der Waals surface area contributed by atoms with Crippen molar-refractivity contribution in [2.24, 2.45) is 5.11 Å². The lowest BCUT2D eigenvalue weighted by Gasteiger charge is -2.02. The fourth-order valence-corrected chi connectivity index (χ4v) is 1.66. The van der Waals surface area contributed by atoms with Gasteiger partial charge in [-0.25, -0.2) is 0 Å². The van der Waals surface area contributed by atoms with Crippen LogP contribution in [0.1, 0.15) is 0 Å². The van der Waals surface area contributed by atoms with Crippen LogP contribution < -0.4 is 0 Å². The standard InChI is InChI=1S/C12H8Cl2N2O/c13-10-7-4-8-11(12(10)14)16(17)15-9-5-2-1-3-6-9/h1-8H. The van der Waals surface area contributed by atoms with E-state index in [-0.39, 0.29) is 10.7 Å². The van der Waals surface area contributed by atoms with Crippen LogP contribution >= 0.6 is 23.2 Å². The number of nitrogens with zero attached hydrogens (tertiary/aromatic N) is 2. The second-order valence-corrected chi connectivity index (χ2v) is 4.07. The number of rotatable bonds is 2. The number of azo groups is 1. The lowest BCUT2D eigenvalue weighted by molar-refractivity contribution is -0.435. The summed E-state index contributed by atoms with van der Waals surface area (Å²) in [5.74, 6) is 0. The van der Waals surface area contributed by atoms with Crippen molar-refractivity contribution < 1.29 is 4.86 Å². The summed E-state index contributed by atoms with van der Waals surface area (Å²) in [5.41, 5.74) is 0.779. The molecule has 5 heteroatoms. The van der Waals surface area contributed by atoms with Gasteiger partial charge in [-0.05, 0) is 23.1 Å². The van der Waals surface area contributed by atoms with Crippen molar-refractivity contribution >= 4 is 34.6 Å². The molecule has 0 aliphatic rings. The van der Waals surface area contributed by atoms with Crippen molar-refractivity contribution in [3.63, 3.8) is 0 Å². The van der Waals surface area contributed by atoms with Gasteiger partial charge in [-0.1, -0.05) is 47.5 Å². The number of halogens is 2. The van der Waals surface area contributed by atoms with Crippen LogP contribution in [0.2, 0.25) is 10.0 Å². The molecule has 2 rings (SSSR count). The fourth-order valence-electron chi connectivity index (χ4n) is 1.29. The first kappa shape index (κ1) is 11.9. The van der Waals surface area contributed by atoms with E-state index in [4.69, 9.17) is 23.2 Å². The predicted molar refractivity (Wildman–Crippen MR) is 68.3 cm³/mol. The molecule has 0 radical (unpaired) electrons. The van der Waals surface area contributed by atoms with E-state index in [1.54, 1.807) is 42.5 Å². The third-order valence-corrected chi connectivity index (χ3v) is 2.91. The molecule has 2 aromatic rings. The first-order valence-electron chi connectivity index (χ1n) is 4.86. The highest BCUT2D eigenvalue weighted by Crippen LogP contribution is 2.32. The summed E-state index contributed by atoms with van der Waals surface area (Å²) in [6, 6.07) is 13.7. The van der Waals surface area contributed by atoms with Crippen LogP contribution in [0.3, 0.4) is 0 Å². The lowest BCUT2D eigenvalue weighted by Crippen LogP contribution is -1.91. The molecule has 0 aromatic heterocycles. The molecule has 0 aliphatic carbocycles. The molecule has 0 atom stereocenters. The zero-order valence-corrected chi connectivity index (χ0v) is 10.2. The predicted octanol–water partition coefficient (Wildman–Crippen LogP) is 4.92. The molecule has 0 amide bonds. The summed E-state index contributed by atoms with van der Waals surface area (Å²) in [5, 5.41) is 16.2. The molecule has 0 unspecified atom stereocenters. The molecule has 2 aromatic carbocycles. The Morgan fingerprint density at radius 3 is 2.35 bits per heavy atom. The van der Waals surface area contributed by atoms with Gasteiger partial charge in [0.05, 0.1) is 5.02 Å². The quantitative estimate of drug-likeness (QED) is 0.432. The molecule has 86 valence electrons. The summed E-state index contributed by atoms with van der Waals surface area (Å²) in [4.78, 5) is 0.462. The summed E-state index contributed by atoms with van der Waals surface area (Å²) in [7, 11) is 0. The average molecular weight is 267 g/mol. The van der Waals surface area contributed by atoms with Gasteiger partial charge in [0.2, 0.25) is 0 Å². The third kappa shape index (κ3) is 2.75. The van der Waals surface area contributed by atoms with E-state index in [9.17, 15) is 5.21 Å². The normalized spacial score (nSPS) is 11.5. The van der Waals surface area contributed by atoms with E-state index in [1.165, 1.54) is 0 Å². The van der Waals surface area contributed by atoms with Gasteiger partial charge in [0.15, 0.2) is 0 Å². The van der Waals surface area contributed by atoms with E-state index < -0.39 is 0 Å². The minimum atomic E-state index is 0.198. The first-order chi connectivity index (χ1) is 8.18. The summed E-state index contributed by atoms with van der Waals surface area (Å²) >= 11 is 11.7. The molecule has 0 saturated heterocycles. The highest BCUT2D eigenvalue weighted by Gasteiger charge is 2.12. The van der Waals surface area contributed by atoms with Crippen LogP contribution in [0.15, 0.2) is 53.6 Å². The summed E-state index contributed by atoms with van der Waals surface area (Å²) < 4.78 is 0. The SMILES string of the molecule is [O-][N+](=Nc1ccccc1)c1cccc(Cl)c1Cl. The topological polar surface area (TPSA) is 38.4 Å². The molecular formula is C12H8Cl2N2O. The number of benzene rings is 2. The zero-order chi connectivity index (χ0) is 12.3. The zero-order valence-electron chi connectivity index (χ0n) is 8.68. The van der Waals surface area contributed by atoms with Crippen LogP contribution in [-0.4, -0.2) is 4.86 Å². The number of hydrogen-bond acceptors (Lipinski definition) is 2. The Morgan fingerprint density at radius 2 is 1.65 bits per heavy atom. The second-order valence-electron chi connectivity index (χ2n) is 3.28. The summed E-state index contributed by atoms with van der Waals surface area (Å²) in [6.45, 7) is 0. The van der Waals surface area contributed by atoms with E-state index in [0.717, 1.165) is 0 Å². The van der Waals surface area contributed by atoms with Gasteiger partial charge in [0.1, 0.15) is 10.7 Å². The van der Waals surface area contributed by atoms with Gasteiger partial charge in [-0.3, -0.25) is 0 Å².